The molecule has 0 aliphatic heterocycles. The van der Waals surface area contributed by atoms with Crippen LogP contribution < -0.4 is 11.1 Å². The number of benzene rings is 1. The fourth-order valence-corrected chi connectivity index (χ4v) is 1.37. The number of hydrogen-bond donors (Lipinski definition) is 4. The third-order valence-electron chi connectivity index (χ3n) is 2.50. The van der Waals surface area contributed by atoms with Gasteiger partial charge in [0.15, 0.2) is 0 Å². The first-order chi connectivity index (χ1) is 8.54. The van der Waals surface area contributed by atoms with Gasteiger partial charge in [-0.25, -0.2) is 0 Å². The number of phenols is 1. The number of amidine groups is 1. The second-order valence-corrected chi connectivity index (χ2v) is 3.95. The van der Waals surface area contributed by atoms with E-state index in [1.807, 2.05) is 0 Å². The number of nitrogens with one attached hydrogen (secondary N) is 1. The van der Waals surface area contributed by atoms with Gasteiger partial charge in [0, 0.05) is 18.5 Å². The van der Waals surface area contributed by atoms with E-state index >= 15 is 0 Å². The van der Waals surface area contributed by atoms with Crippen molar-refractivity contribution in [3.63, 3.8) is 0 Å². The molecule has 1 amide bonds. The van der Waals surface area contributed by atoms with Gasteiger partial charge in [0.1, 0.15) is 11.6 Å². The van der Waals surface area contributed by atoms with Crippen LogP contribution in [0.5, 0.6) is 5.75 Å². The number of phenolic OH excluding ortho intramolecular Hbond substituents is 1. The van der Waals surface area contributed by atoms with E-state index in [2.05, 4.69) is 10.5 Å². The number of amides is 1. The lowest BCUT2D eigenvalue weighted by molar-refractivity contribution is 0.0953. The Kier molecular flexibility index (Phi) is 4.98. The molecule has 0 spiro atoms. The van der Waals surface area contributed by atoms with Crippen LogP contribution in [0.4, 0.5) is 0 Å². The van der Waals surface area contributed by atoms with Crippen LogP contribution in [0.3, 0.4) is 0 Å². The number of nitrogens with zero attached hydrogens (tertiary/aromatic N) is 1. The van der Waals surface area contributed by atoms with E-state index in [0.29, 0.717) is 24.9 Å². The highest BCUT2D eigenvalue weighted by atomic mass is 16.4. The second kappa shape index (κ2) is 6.48. The molecule has 0 unspecified atom stereocenters. The molecule has 1 aromatic carbocycles. The van der Waals surface area contributed by atoms with E-state index in [-0.39, 0.29) is 17.5 Å². The quantitative estimate of drug-likeness (QED) is 0.205. The second-order valence-electron chi connectivity index (χ2n) is 3.95. The molecular weight excluding hydrogens is 234 g/mol. The number of oxime groups is 1. The average molecular weight is 251 g/mol. The lowest BCUT2D eigenvalue weighted by atomic mass is 10.1. The molecule has 0 atom stereocenters. The highest BCUT2D eigenvalue weighted by Crippen LogP contribution is 2.17. The molecule has 1 rings (SSSR count). The summed E-state index contributed by atoms with van der Waals surface area (Å²) in [5.41, 5.74) is 6.42. The van der Waals surface area contributed by atoms with Crippen LogP contribution in [0.15, 0.2) is 23.4 Å². The molecular formula is C12H17N3O3. The van der Waals surface area contributed by atoms with Gasteiger partial charge in [-0.3, -0.25) is 4.79 Å². The molecule has 0 bridgehead atoms. The third-order valence-corrected chi connectivity index (χ3v) is 2.50. The number of aryl methyl sites for hydroxylation is 1. The Morgan fingerprint density at radius 1 is 1.50 bits per heavy atom. The van der Waals surface area contributed by atoms with Gasteiger partial charge in [0.05, 0.1) is 0 Å². The van der Waals surface area contributed by atoms with Gasteiger partial charge >= 0.3 is 0 Å². The lowest BCUT2D eigenvalue weighted by Crippen LogP contribution is -2.25. The van der Waals surface area contributed by atoms with Crippen molar-refractivity contribution in [2.45, 2.75) is 19.8 Å². The smallest absolute Gasteiger partial charge is 0.251 e. The Morgan fingerprint density at radius 2 is 2.22 bits per heavy atom. The molecule has 18 heavy (non-hydrogen) atoms. The Bertz CT molecular complexity index is 458. The van der Waals surface area contributed by atoms with Crippen LogP contribution >= 0.6 is 0 Å². The summed E-state index contributed by atoms with van der Waals surface area (Å²) in [6.45, 7) is 2.18. The number of aromatic hydroxyl groups is 1. The fraction of sp³-hybridized carbons (Fsp3) is 0.333. The molecule has 0 aliphatic rings. The van der Waals surface area contributed by atoms with Gasteiger partial charge in [0.2, 0.25) is 0 Å². The van der Waals surface area contributed by atoms with E-state index < -0.39 is 0 Å². The minimum absolute atomic E-state index is 0.0966. The summed E-state index contributed by atoms with van der Waals surface area (Å²) in [6.07, 6.45) is 0.995. The van der Waals surface area contributed by atoms with Gasteiger partial charge in [0.25, 0.3) is 5.91 Å². The molecule has 0 heterocycles. The highest BCUT2D eigenvalue weighted by molar-refractivity contribution is 5.94. The molecule has 5 N–H and O–H groups in total. The van der Waals surface area contributed by atoms with E-state index in [1.54, 1.807) is 19.1 Å². The zero-order valence-corrected chi connectivity index (χ0v) is 10.2. The molecule has 98 valence electrons. The van der Waals surface area contributed by atoms with Crippen molar-refractivity contribution in [2.75, 3.05) is 6.54 Å². The number of hydrogen-bond acceptors (Lipinski definition) is 4. The van der Waals surface area contributed by atoms with Crippen LogP contribution in [0.2, 0.25) is 0 Å². The minimum Gasteiger partial charge on any atom is -0.508 e. The SMILES string of the molecule is Cc1ccc(C(=O)NCCC/C(N)=N/O)cc1O. The summed E-state index contributed by atoms with van der Waals surface area (Å²) in [7, 11) is 0. The van der Waals surface area contributed by atoms with Crippen molar-refractivity contribution in [1.82, 2.24) is 5.32 Å². The maximum absolute atomic E-state index is 11.7. The molecule has 6 heteroatoms. The van der Waals surface area contributed by atoms with E-state index in [9.17, 15) is 9.90 Å². The summed E-state index contributed by atoms with van der Waals surface area (Å²) in [5.74, 6) is -0.0265. The zero-order chi connectivity index (χ0) is 13.5. The van der Waals surface area contributed by atoms with Crippen molar-refractivity contribution < 1.29 is 15.1 Å². The summed E-state index contributed by atoms with van der Waals surface area (Å²) in [4.78, 5) is 11.7. The lowest BCUT2D eigenvalue weighted by Gasteiger charge is -2.06. The number of carbonyl (C=O) groups is 1. The van der Waals surface area contributed by atoms with Gasteiger partial charge in [-0.05, 0) is 31.0 Å². The summed E-state index contributed by atoms with van der Waals surface area (Å²) < 4.78 is 0. The van der Waals surface area contributed by atoms with Gasteiger partial charge in [-0.1, -0.05) is 11.2 Å². The average Bonchev–Trinajstić information content (AvgIpc) is 2.37. The molecule has 0 aliphatic carbocycles. The standard InChI is InChI=1S/C12H17N3O3/c1-8-4-5-9(7-10(8)16)12(17)14-6-2-3-11(13)15-18/h4-5,7,16,18H,2-3,6H2,1H3,(H2,13,15)(H,14,17). The van der Waals surface area contributed by atoms with Crippen LogP contribution in [-0.2, 0) is 0 Å². The van der Waals surface area contributed by atoms with Crippen molar-refractivity contribution in [1.29, 1.82) is 0 Å². The highest BCUT2D eigenvalue weighted by Gasteiger charge is 2.06. The maximum Gasteiger partial charge on any atom is 0.251 e. The Hall–Kier alpha value is -2.24. The Morgan fingerprint density at radius 3 is 2.83 bits per heavy atom. The van der Waals surface area contributed by atoms with E-state index in [4.69, 9.17) is 10.9 Å². The topological polar surface area (TPSA) is 108 Å². The van der Waals surface area contributed by atoms with Crippen LogP contribution in [0.1, 0.15) is 28.8 Å². The molecule has 6 nitrogen and oxygen atoms in total. The van der Waals surface area contributed by atoms with E-state index in [1.165, 1.54) is 6.07 Å². The van der Waals surface area contributed by atoms with Crippen LogP contribution in [0.25, 0.3) is 0 Å². The summed E-state index contributed by atoms with van der Waals surface area (Å²) in [5, 5.41) is 23.3. The molecule has 0 fully saturated rings. The van der Waals surface area contributed by atoms with Gasteiger partial charge in [-0.2, -0.15) is 0 Å². The first-order valence-corrected chi connectivity index (χ1v) is 5.59. The van der Waals surface area contributed by atoms with Crippen LogP contribution in [-0.4, -0.2) is 28.6 Å². The fourth-order valence-electron chi connectivity index (χ4n) is 1.37. The van der Waals surface area contributed by atoms with Gasteiger partial charge in [-0.15, -0.1) is 0 Å². The molecule has 0 radical (unpaired) electrons. The molecule has 0 saturated carbocycles. The molecule has 1 aromatic rings. The Balaban J connectivity index is 2.43. The number of rotatable bonds is 5. The maximum atomic E-state index is 11.7. The van der Waals surface area contributed by atoms with Crippen molar-refractivity contribution in [2.24, 2.45) is 10.9 Å². The number of carbonyl (C=O) groups excluding carboxylic acids is 1. The van der Waals surface area contributed by atoms with Crippen molar-refractivity contribution in [3.8, 4) is 5.75 Å². The summed E-state index contributed by atoms with van der Waals surface area (Å²) >= 11 is 0. The van der Waals surface area contributed by atoms with Gasteiger partial charge < -0.3 is 21.4 Å². The third kappa shape index (κ3) is 3.97. The van der Waals surface area contributed by atoms with E-state index in [0.717, 1.165) is 5.56 Å². The normalized spacial score (nSPS) is 11.3. The molecule has 0 saturated heterocycles. The summed E-state index contributed by atoms with van der Waals surface area (Å²) in [6, 6.07) is 4.75. The largest absolute Gasteiger partial charge is 0.508 e. The first-order valence-electron chi connectivity index (χ1n) is 5.59. The zero-order valence-electron chi connectivity index (χ0n) is 10.2. The van der Waals surface area contributed by atoms with Crippen molar-refractivity contribution >= 4 is 11.7 Å². The first kappa shape index (κ1) is 13.8. The molecule has 0 aromatic heterocycles. The monoisotopic (exact) mass is 251 g/mol. The van der Waals surface area contributed by atoms with Crippen LogP contribution in [0, 0.1) is 6.92 Å². The van der Waals surface area contributed by atoms with Crippen molar-refractivity contribution in [3.05, 3.63) is 29.3 Å². The predicted octanol–water partition coefficient (Wildman–Crippen LogP) is 0.957. The number of nitrogens with two attached hydrogens (primary N) is 1. The Labute approximate surface area is 105 Å². The minimum atomic E-state index is -0.259. The predicted molar refractivity (Wildman–Crippen MR) is 67.8 cm³/mol.